The Morgan fingerprint density at radius 3 is 2.23 bits per heavy atom. The van der Waals surface area contributed by atoms with Gasteiger partial charge in [-0.1, -0.05) is 12.2 Å². The van der Waals surface area contributed by atoms with Crippen LogP contribution in [0.2, 0.25) is 0 Å². The van der Waals surface area contributed by atoms with E-state index in [0.29, 0.717) is 5.75 Å². The van der Waals surface area contributed by atoms with Gasteiger partial charge >= 0.3 is 0 Å². The fraction of sp³-hybridized carbons (Fsp3) is 0.407. The number of fused-ring (bicyclic) bond motifs is 2. The summed E-state index contributed by atoms with van der Waals surface area (Å²) in [6, 6.07) is 11.7. The summed E-state index contributed by atoms with van der Waals surface area (Å²) < 4.78 is 5.22. The number of ether oxygens (including phenoxy) is 1. The molecule has 4 rings (SSSR count). The summed E-state index contributed by atoms with van der Waals surface area (Å²) in [5.74, 6) is 1.23. The molecule has 2 N–H and O–H groups in total. The highest BCUT2D eigenvalue weighted by Crippen LogP contribution is 2.40. The van der Waals surface area contributed by atoms with E-state index < -0.39 is 0 Å². The van der Waals surface area contributed by atoms with Crippen LogP contribution in [0.3, 0.4) is 0 Å². The minimum Gasteiger partial charge on any atom is -0.508 e. The Hall–Kier alpha value is -2.88. The quantitative estimate of drug-likeness (QED) is 0.566. The first-order chi connectivity index (χ1) is 14.5. The fourth-order valence-electron chi connectivity index (χ4n) is 4.75. The molecule has 2 aliphatic rings. The van der Waals surface area contributed by atoms with Gasteiger partial charge in [-0.3, -0.25) is 0 Å². The second kappa shape index (κ2) is 8.33. The third-order valence-corrected chi connectivity index (χ3v) is 5.96. The van der Waals surface area contributed by atoms with Gasteiger partial charge in [0.2, 0.25) is 0 Å². The van der Waals surface area contributed by atoms with Gasteiger partial charge in [0.25, 0.3) is 0 Å². The van der Waals surface area contributed by atoms with E-state index in [1.165, 1.54) is 22.3 Å². The normalized spacial score (nSPS) is 17.7. The number of anilines is 2. The molecule has 0 aromatic heterocycles. The molecule has 2 aliphatic heterocycles. The van der Waals surface area contributed by atoms with Crippen LogP contribution in [0.1, 0.15) is 59.6 Å². The summed E-state index contributed by atoms with van der Waals surface area (Å²) in [4.78, 5) is 2.31. The summed E-state index contributed by atoms with van der Waals surface area (Å²) in [6.45, 7) is 16.1. The molecule has 2 aromatic rings. The van der Waals surface area contributed by atoms with Crippen molar-refractivity contribution in [2.75, 3.05) is 23.9 Å². The largest absolute Gasteiger partial charge is 0.508 e. The molecule has 0 atom stereocenters. The number of hydrogen-bond acceptors (Lipinski definition) is 4. The molecule has 2 aromatic carbocycles. The van der Waals surface area contributed by atoms with Crippen molar-refractivity contribution in [3.05, 3.63) is 59.7 Å². The molecule has 0 saturated carbocycles. The minimum atomic E-state index is 0.0135. The smallest absolute Gasteiger partial charge is 0.120 e. The predicted molar refractivity (Wildman–Crippen MR) is 133 cm³/mol. The Balaban J connectivity index is 0.000000176. The lowest BCUT2D eigenvalue weighted by Crippen LogP contribution is -2.44. The Morgan fingerprint density at radius 1 is 0.935 bits per heavy atom. The number of benzene rings is 2. The summed E-state index contributed by atoms with van der Waals surface area (Å²) in [7, 11) is 1.69. The van der Waals surface area contributed by atoms with Crippen LogP contribution < -0.4 is 15.0 Å². The maximum atomic E-state index is 9.61. The van der Waals surface area contributed by atoms with E-state index in [1.807, 2.05) is 24.3 Å². The first-order valence-corrected chi connectivity index (χ1v) is 10.9. The van der Waals surface area contributed by atoms with E-state index in [9.17, 15) is 5.11 Å². The number of hydrogen-bond donors (Lipinski definition) is 2. The lowest BCUT2D eigenvalue weighted by molar-refractivity contribution is 0.415. The Bertz CT molecular complexity index is 1030. The van der Waals surface area contributed by atoms with Gasteiger partial charge in [-0.2, -0.15) is 0 Å². The number of likely N-dealkylation sites (N-methyl/N-ethyl adjacent to an activating group) is 1. The van der Waals surface area contributed by atoms with Gasteiger partial charge in [-0.25, -0.2) is 0 Å². The molecular weight excluding hydrogens is 384 g/mol. The summed E-state index contributed by atoms with van der Waals surface area (Å²) in [5.41, 5.74) is 7.39. The monoisotopic (exact) mass is 420 g/mol. The highest BCUT2D eigenvalue weighted by molar-refractivity contribution is 5.82. The summed E-state index contributed by atoms with van der Waals surface area (Å²) >= 11 is 0. The zero-order chi connectivity index (χ0) is 23.0. The van der Waals surface area contributed by atoms with E-state index >= 15 is 0 Å². The van der Waals surface area contributed by atoms with Crippen LogP contribution in [0.25, 0.3) is 11.1 Å². The van der Waals surface area contributed by atoms with Gasteiger partial charge < -0.3 is 20.1 Å². The molecule has 31 heavy (non-hydrogen) atoms. The number of allylic oxidation sites excluding steroid dienone is 2. The third-order valence-electron chi connectivity index (χ3n) is 5.96. The average molecular weight is 421 g/mol. The number of aromatic hydroxyl groups is 1. The SMILES string of the molecule is CCN1c2cc(O)ccc2C(C)=CC1(C)C.COc1ccc2c(c1)NC(C)(C)C=C2C. The molecule has 0 spiro atoms. The van der Waals surface area contributed by atoms with Crippen LogP contribution in [-0.2, 0) is 0 Å². The molecule has 4 heteroatoms. The molecule has 0 fully saturated rings. The van der Waals surface area contributed by atoms with E-state index in [0.717, 1.165) is 23.7 Å². The van der Waals surface area contributed by atoms with Crippen molar-refractivity contribution in [2.45, 2.75) is 59.5 Å². The van der Waals surface area contributed by atoms with Gasteiger partial charge in [0.15, 0.2) is 0 Å². The number of rotatable bonds is 2. The first-order valence-electron chi connectivity index (χ1n) is 10.9. The standard InChI is InChI=1S/C14H19NO.C13H17NO/c1-5-15-13-8-11(16)6-7-12(13)10(2)9-14(15,3)4;1-9-8-13(2,3)14-12-7-10(15-4)5-6-11(9)12/h6-9,16H,5H2,1-4H3;5-8,14H,1-4H3. The molecule has 2 heterocycles. The van der Waals surface area contributed by atoms with Gasteiger partial charge in [-0.05, 0) is 83.9 Å². The molecule has 0 aliphatic carbocycles. The van der Waals surface area contributed by atoms with Crippen molar-refractivity contribution in [1.82, 2.24) is 0 Å². The predicted octanol–water partition coefficient (Wildman–Crippen LogP) is 6.72. The van der Waals surface area contributed by atoms with Crippen LogP contribution in [-0.4, -0.2) is 29.8 Å². The number of nitrogens with zero attached hydrogens (tertiary/aromatic N) is 1. The van der Waals surface area contributed by atoms with Crippen LogP contribution in [0.15, 0.2) is 48.6 Å². The Kier molecular flexibility index (Phi) is 6.13. The number of phenols is 1. The maximum absolute atomic E-state index is 9.61. The minimum absolute atomic E-state index is 0.0135. The van der Waals surface area contributed by atoms with E-state index in [-0.39, 0.29) is 11.1 Å². The van der Waals surface area contributed by atoms with E-state index in [2.05, 4.69) is 76.9 Å². The van der Waals surface area contributed by atoms with Gasteiger partial charge in [0, 0.05) is 41.2 Å². The van der Waals surface area contributed by atoms with Crippen LogP contribution in [0.4, 0.5) is 11.4 Å². The van der Waals surface area contributed by atoms with E-state index in [1.54, 1.807) is 13.2 Å². The highest BCUT2D eigenvalue weighted by atomic mass is 16.5. The van der Waals surface area contributed by atoms with Crippen molar-refractivity contribution in [1.29, 1.82) is 0 Å². The lowest BCUT2D eigenvalue weighted by atomic mass is 9.89. The molecule has 0 amide bonds. The third kappa shape index (κ3) is 4.73. The molecule has 0 saturated heterocycles. The average Bonchev–Trinajstić information content (AvgIpc) is 2.66. The van der Waals surface area contributed by atoms with Crippen molar-refractivity contribution in [3.8, 4) is 11.5 Å². The van der Waals surface area contributed by atoms with Gasteiger partial charge in [0.05, 0.1) is 18.2 Å². The van der Waals surface area contributed by atoms with Crippen molar-refractivity contribution in [2.24, 2.45) is 0 Å². The molecule has 0 bridgehead atoms. The van der Waals surface area contributed by atoms with Crippen molar-refractivity contribution >= 4 is 22.5 Å². The molecule has 0 radical (unpaired) electrons. The topological polar surface area (TPSA) is 44.7 Å². The molecule has 0 unspecified atom stereocenters. The van der Waals surface area contributed by atoms with Crippen LogP contribution in [0, 0.1) is 0 Å². The van der Waals surface area contributed by atoms with Crippen molar-refractivity contribution < 1.29 is 9.84 Å². The van der Waals surface area contributed by atoms with Crippen molar-refractivity contribution in [3.63, 3.8) is 0 Å². The second-order valence-electron chi connectivity index (χ2n) is 9.51. The fourth-order valence-corrected chi connectivity index (χ4v) is 4.75. The van der Waals surface area contributed by atoms with Gasteiger partial charge in [-0.15, -0.1) is 0 Å². The number of methoxy groups -OCH3 is 1. The zero-order valence-corrected chi connectivity index (χ0v) is 20.1. The van der Waals surface area contributed by atoms with Crippen LogP contribution >= 0.6 is 0 Å². The maximum Gasteiger partial charge on any atom is 0.120 e. The molecule has 4 nitrogen and oxygen atoms in total. The Morgan fingerprint density at radius 2 is 1.58 bits per heavy atom. The Labute approximate surface area is 187 Å². The van der Waals surface area contributed by atoms with E-state index in [4.69, 9.17) is 4.74 Å². The number of phenolic OH excluding ortho intramolecular Hbond substituents is 1. The second-order valence-corrected chi connectivity index (χ2v) is 9.51. The number of nitrogens with one attached hydrogen (secondary N) is 1. The first kappa shape index (κ1) is 22.8. The summed E-state index contributed by atoms with van der Waals surface area (Å²) in [6.07, 6.45) is 4.54. The van der Waals surface area contributed by atoms with Gasteiger partial charge in [0.1, 0.15) is 11.5 Å². The molecule has 166 valence electrons. The van der Waals surface area contributed by atoms with Crippen LogP contribution in [0.5, 0.6) is 11.5 Å². The zero-order valence-electron chi connectivity index (χ0n) is 20.1. The lowest BCUT2D eigenvalue weighted by Gasteiger charge is -2.42. The highest BCUT2D eigenvalue weighted by Gasteiger charge is 2.30. The summed E-state index contributed by atoms with van der Waals surface area (Å²) in [5, 5.41) is 13.1. The molecular formula is C27H36N2O2.